The van der Waals surface area contributed by atoms with Gasteiger partial charge in [-0.25, -0.2) is 0 Å². The van der Waals surface area contributed by atoms with E-state index in [0.29, 0.717) is 6.61 Å². The first-order chi connectivity index (χ1) is 5.51. The number of hydrogen-bond acceptors (Lipinski definition) is 3. The Morgan fingerprint density at radius 1 is 1.50 bits per heavy atom. The van der Waals surface area contributed by atoms with Crippen LogP contribution in [0.2, 0.25) is 0 Å². The van der Waals surface area contributed by atoms with Gasteiger partial charge in [0, 0.05) is 6.42 Å². The summed E-state index contributed by atoms with van der Waals surface area (Å²) in [5.74, 6) is 0. The summed E-state index contributed by atoms with van der Waals surface area (Å²) in [6, 6.07) is 0. The quantitative estimate of drug-likeness (QED) is 0.677. The van der Waals surface area contributed by atoms with E-state index in [9.17, 15) is 0 Å². The number of aliphatic hydroxyl groups is 1. The molecule has 1 heterocycles. The van der Waals surface area contributed by atoms with Crippen LogP contribution in [-0.2, 0) is 9.47 Å². The normalized spacial score (nSPS) is 31.0. The van der Waals surface area contributed by atoms with E-state index in [4.69, 9.17) is 14.6 Å². The Hall–Kier alpha value is -0.120. The van der Waals surface area contributed by atoms with Gasteiger partial charge in [-0.1, -0.05) is 0 Å². The highest BCUT2D eigenvalue weighted by molar-refractivity contribution is 4.75. The third-order valence-electron chi connectivity index (χ3n) is 1.77. The third-order valence-corrected chi connectivity index (χ3v) is 1.77. The minimum atomic E-state index is -0.113. The van der Waals surface area contributed by atoms with E-state index in [1.54, 1.807) is 0 Å². The van der Waals surface area contributed by atoms with Gasteiger partial charge in [-0.2, -0.15) is 0 Å². The van der Waals surface area contributed by atoms with Crippen molar-refractivity contribution in [1.82, 2.24) is 0 Å². The second kappa shape index (κ2) is 3.73. The Labute approximate surface area is 73.7 Å². The van der Waals surface area contributed by atoms with Crippen molar-refractivity contribution in [3.63, 3.8) is 0 Å². The summed E-state index contributed by atoms with van der Waals surface area (Å²) in [4.78, 5) is 0. The van der Waals surface area contributed by atoms with Crippen molar-refractivity contribution in [3.05, 3.63) is 0 Å². The molecule has 1 rings (SSSR count). The van der Waals surface area contributed by atoms with Crippen molar-refractivity contribution < 1.29 is 14.6 Å². The maximum atomic E-state index is 8.80. The zero-order valence-electron chi connectivity index (χ0n) is 8.04. The molecular weight excluding hydrogens is 156 g/mol. The highest BCUT2D eigenvalue weighted by Gasteiger charge is 2.28. The first-order valence-electron chi connectivity index (χ1n) is 4.41. The van der Waals surface area contributed by atoms with Gasteiger partial charge in [-0.15, -0.1) is 0 Å². The van der Waals surface area contributed by atoms with Crippen LogP contribution in [0.15, 0.2) is 0 Å². The minimum absolute atomic E-state index is 0.0163. The molecular formula is C9H18O3. The van der Waals surface area contributed by atoms with Crippen LogP contribution in [0.3, 0.4) is 0 Å². The van der Waals surface area contributed by atoms with Crippen molar-refractivity contribution in [3.8, 4) is 0 Å². The molecule has 0 aliphatic carbocycles. The molecule has 1 N–H and O–H groups in total. The molecule has 0 radical (unpaired) electrons. The van der Waals surface area contributed by atoms with Crippen molar-refractivity contribution in [2.24, 2.45) is 0 Å². The van der Waals surface area contributed by atoms with E-state index in [-0.39, 0.29) is 24.4 Å². The molecule has 1 saturated heterocycles. The Bertz CT molecular complexity index is 139. The standard InChI is InChI=1S/C9H18O3/c1-9(2,3)12-8-4-7(5-10)11-6-8/h7-8,10H,4-6H2,1-3H3. The molecule has 0 spiro atoms. The molecule has 0 aromatic heterocycles. The topological polar surface area (TPSA) is 38.7 Å². The average molecular weight is 174 g/mol. The van der Waals surface area contributed by atoms with Crippen LogP contribution >= 0.6 is 0 Å². The summed E-state index contributed by atoms with van der Waals surface area (Å²) >= 11 is 0. The molecule has 3 nitrogen and oxygen atoms in total. The van der Waals surface area contributed by atoms with E-state index in [1.165, 1.54) is 0 Å². The molecule has 3 heteroatoms. The Morgan fingerprint density at radius 2 is 2.17 bits per heavy atom. The van der Waals surface area contributed by atoms with Crippen molar-refractivity contribution >= 4 is 0 Å². The highest BCUT2D eigenvalue weighted by atomic mass is 16.6. The average Bonchev–Trinajstić information content (AvgIpc) is 2.32. The molecule has 72 valence electrons. The van der Waals surface area contributed by atoms with Gasteiger partial charge in [-0.3, -0.25) is 0 Å². The molecule has 12 heavy (non-hydrogen) atoms. The van der Waals surface area contributed by atoms with Crippen LogP contribution in [0, 0.1) is 0 Å². The van der Waals surface area contributed by atoms with Crippen LogP contribution in [0.4, 0.5) is 0 Å². The number of rotatable bonds is 2. The van der Waals surface area contributed by atoms with E-state index in [1.807, 2.05) is 20.8 Å². The van der Waals surface area contributed by atoms with E-state index >= 15 is 0 Å². The van der Waals surface area contributed by atoms with Crippen molar-refractivity contribution in [1.29, 1.82) is 0 Å². The predicted molar refractivity (Wildman–Crippen MR) is 46.1 cm³/mol. The number of ether oxygens (including phenoxy) is 2. The maximum Gasteiger partial charge on any atom is 0.0841 e. The van der Waals surface area contributed by atoms with Crippen LogP contribution in [0.5, 0.6) is 0 Å². The summed E-state index contributed by atoms with van der Waals surface area (Å²) in [5.41, 5.74) is -0.113. The van der Waals surface area contributed by atoms with Crippen LogP contribution in [0.25, 0.3) is 0 Å². The lowest BCUT2D eigenvalue weighted by atomic mass is 10.1. The minimum Gasteiger partial charge on any atom is -0.394 e. The van der Waals surface area contributed by atoms with Gasteiger partial charge in [-0.05, 0) is 20.8 Å². The molecule has 1 aliphatic heterocycles. The zero-order valence-corrected chi connectivity index (χ0v) is 8.04. The van der Waals surface area contributed by atoms with Crippen molar-refractivity contribution in [2.75, 3.05) is 13.2 Å². The van der Waals surface area contributed by atoms with Gasteiger partial charge in [0.25, 0.3) is 0 Å². The molecule has 2 atom stereocenters. The Kier molecular flexibility index (Phi) is 3.09. The Balaban J connectivity index is 2.28. The number of hydrogen-bond donors (Lipinski definition) is 1. The summed E-state index contributed by atoms with van der Waals surface area (Å²) in [5, 5.41) is 8.80. The molecule has 0 aromatic rings. The van der Waals surface area contributed by atoms with E-state index in [0.717, 1.165) is 6.42 Å². The zero-order chi connectivity index (χ0) is 9.19. The van der Waals surface area contributed by atoms with Crippen molar-refractivity contribution in [2.45, 2.75) is 45.0 Å². The van der Waals surface area contributed by atoms with Gasteiger partial charge < -0.3 is 14.6 Å². The molecule has 0 bridgehead atoms. The predicted octanol–water partition coefficient (Wildman–Crippen LogP) is 0.951. The summed E-state index contributed by atoms with van der Waals surface area (Å²) in [6.07, 6.45) is 0.952. The molecule has 0 amide bonds. The first-order valence-corrected chi connectivity index (χ1v) is 4.41. The van der Waals surface area contributed by atoms with Crippen LogP contribution < -0.4 is 0 Å². The third kappa shape index (κ3) is 3.09. The van der Waals surface area contributed by atoms with Gasteiger partial charge in [0.2, 0.25) is 0 Å². The fraction of sp³-hybridized carbons (Fsp3) is 1.00. The molecule has 1 aliphatic rings. The molecule has 1 fully saturated rings. The van der Waals surface area contributed by atoms with Crippen LogP contribution in [-0.4, -0.2) is 36.1 Å². The smallest absolute Gasteiger partial charge is 0.0841 e. The van der Waals surface area contributed by atoms with E-state index < -0.39 is 0 Å². The summed E-state index contributed by atoms with van der Waals surface area (Å²) in [6.45, 7) is 6.80. The fourth-order valence-electron chi connectivity index (χ4n) is 1.38. The fourth-order valence-corrected chi connectivity index (χ4v) is 1.38. The second-order valence-corrected chi connectivity index (χ2v) is 4.23. The van der Waals surface area contributed by atoms with Crippen LogP contribution in [0.1, 0.15) is 27.2 Å². The summed E-state index contributed by atoms with van der Waals surface area (Å²) < 4.78 is 11.0. The highest BCUT2D eigenvalue weighted by Crippen LogP contribution is 2.21. The van der Waals surface area contributed by atoms with Gasteiger partial charge in [0.1, 0.15) is 0 Å². The molecule has 0 aromatic carbocycles. The van der Waals surface area contributed by atoms with Gasteiger partial charge in [0.15, 0.2) is 0 Å². The second-order valence-electron chi connectivity index (χ2n) is 4.23. The van der Waals surface area contributed by atoms with Gasteiger partial charge in [0.05, 0.1) is 31.0 Å². The maximum absolute atomic E-state index is 8.80. The van der Waals surface area contributed by atoms with E-state index in [2.05, 4.69) is 0 Å². The summed E-state index contributed by atoms with van der Waals surface area (Å²) in [7, 11) is 0. The first kappa shape index (κ1) is 9.96. The monoisotopic (exact) mass is 174 g/mol. The lowest BCUT2D eigenvalue weighted by Gasteiger charge is -2.23. The largest absolute Gasteiger partial charge is 0.394 e. The lowest BCUT2D eigenvalue weighted by Crippen LogP contribution is -2.27. The number of aliphatic hydroxyl groups excluding tert-OH is 1. The lowest BCUT2D eigenvalue weighted by molar-refractivity contribution is -0.0609. The molecule has 0 saturated carbocycles. The molecule has 2 unspecified atom stereocenters. The Morgan fingerprint density at radius 3 is 2.58 bits per heavy atom. The van der Waals surface area contributed by atoms with Gasteiger partial charge >= 0.3 is 0 Å². The SMILES string of the molecule is CC(C)(C)OC1COC(CO)C1.